The maximum atomic E-state index is 12.2. The Morgan fingerprint density at radius 1 is 1.39 bits per heavy atom. The number of carbonyl (C=O) groups is 1. The van der Waals surface area contributed by atoms with Crippen LogP contribution >= 0.6 is 0 Å². The van der Waals surface area contributed by atoms with Gasteiger partial charge >= 0.3 is 0 Å². The zero-order valence-electron chi connectivity index (χ0n) is 10.1. The molecule has 6 heteroatoms. The second-order valence-corrected chi connectivity index (χ2v) is 4.54. The molecule has 0 spiro atoms. The molecule has 6 nitrogen and oxygen atoms in total. The normalized spacial score (nSPS) is 23.2. The van der Waals surface area contributed by atoms with E-state index in [0.29, 0.717) is 11.3 Å². The number of carbonyl (C=O) groups excluding carboxylic acids is 1. The number of likely N-dealkylation sites (tertiary alicyclic amines) is 1. The lowest BCUT2D eigenvalue weighted by Crippen LogP contribution is -2.30. The molecule has 0 aromatic heterocycles. The van der Waals surface area contributed by atoms with Crippen molar-refractivity contribution in [2.75, 3.05) is 18.5 Å². The molecule has 2 atom stereocenters. The van der Waals surface area contributed by atoms with Gasteiger partial charge in [-0.25, -0.2) is 0 Å². The van der Waals surface area contributed by atoms with Gasteiger partial charge in [0.25, 0.3) is 5.91 Å². The Balaban J connectivity index is 2.24. The fourth-order valence-electron chi connectivity index (χ4n) is 2.07. The molecule has 1 heterocycles. The number of β-amino-alcohol motifs (C(OH)–C–C–N with tert-alkyl or cyclic N) is 2. The third-order valence-electron chi connectivity index (χ3n) is 3.11. The third kappa shape index (κ3) is 2.31. The van der Waals surface area contributed by atoms with E-state index in [2.05, 4.69) is 5.43 Å². The summed E-state index contributed by atoms with van der Waals surface area (Å²) >= 11 is 0. The Morgan fingerprint density at radius 3 is 2.56 bits per heavy atom. The summed E-state index contributed by atoms with van der Waals surface area (Å²) in [5, 5.41) is 18.9. The summed E-state index contributed by atoms with van der Waals surface area (Å²) in [7, 11) is 0. The Labute approximate surface area is 105 Å². The third-order valence-corrected chi connectivity index (χ3v) is 3.11. The molecule has 1 aromatic carbocycles. The van der Waals surface area contributed by atoms with Crippen molar-refractivity contribution >= 4 is 11.6 Å². The first kappa shape index (κ1) is 12.8. The predicted molar refractivity (Wildman–Crippen MR) is 66.9 cm³/mol. The van der Waals surface area contributed by atoms with Gasteiger partial charge in [0, 0.05) is 13.1 Å². The number of anilines is 1. The molecule has 5 N–H and O–H groups in total. The van der Waals surface area contributed by atoms with Crippen LogP contribution in [-0.2, 0) is 0 Å². The molecule has 98 valence electrons. The van der Waals surface area contributed by atoms with Crippen LogP contribution in [0.4, 0.5) is 5.69 Å². The molecule has 2 rings (SSSR count). The van der Waals surface area contributed by atoms with E-state index in [1.54, 1.807) is 12.1 Å². The average Bonchev–Trinajstić information content (AvgIpc) is 2.68. The van der Waals surface area contributed by atoms with E-state index in [1.165, 1.54) is 4.90 Å². The number of aryl methyl sites for hydroxylation is 1. The van der Waals surface area contributed by atoms with Gasteiger partial charge in [0.2, 0.25) is 0 Å². The van der Waals surface area contributed by atoms with Gasteiger partial charge in [0.15, 0.2) is 0 Å². The highest BCUT2D eigenvalue weighted by Gasteiger charge is 2.33. The highest BCUT2D eigenvalue weighted by Crippen LogP contribution is 2.21. The van der Waals surface area contributed by atoms with Crippen molar-refractivity contribution in [3.8, 4) is 0 Å². The maximum Gasteiger partial charge on any atom is 0.256 e. The van der Waals surface area contributed by atoms with Gasteiger partial charge in [-0.15, -0.1) is 0 Å². The lowest BCUT2D eigenvalue weighted by Gasteiger charge is -2.17. The zero-order valence-corrected chi connectivity index (χ0v) is 10.1. The molecule has 1 saturated heterocycles. The van der Waals surface area contributed by atoms with Crippen LogP contribution in [0.1, 0.15) is 15.9 Å². The molecule has 1 aliphatic rings. The second kappa shape index (κ2) is 4.93. The van der Waals surface area contributed by atoms with E-state index < -0.39 is 12.2 Å². The first-order valence-corrected chi connectivity index (χ1v) is 5.75. The number of nitrogens with two attached hydrogens (primary N) is 1. The number of aliphatic hydroxyl groups is 2. The fourth-order valence-corrected chi connectivity index (χ4v) is 2.07. The monoisotopic (exact) mass is 251 g/mol. The first-order chi connectivity index (χ1) is 8.52. The molecule has 1 fully saturated rings. The average molecular weight is 251 g/mol. The summed E-state index contributed by atoms with van der Waals surface area (Å²) in [5.74, 6) is 5.14. The van der Waals surface area contributed by atoms with Crippen LogP contribution in [0, 0.1) is 6.92 Å². The van der Waals surface area contributed by atoms with E-state index in [4.69, 9.17) is 5.84 Å². The Kier molecular flexibility index (Phi) is 3.51. The Hall–Kier alpha value is -1.63. The molecule has 2 unspecified atom stereocenters. The zero-order chi connectivity index (χ0) is 13.3. The molecule has 0 saturated carbocycles. The number of benzene rings is 1. The molecule has 0 radical (unpaired) electrons. The largest absolute Gasteiger partial charge is 0.388 e. The van der Waals surface area contributed by atoms with E-state index in [1.807, 2.05) is 13.0 Å². The summed E-state index contributed by atoms with van der Waals surface area (Å²) in [6.45, 7) is 2.17. The molecule has 1 amide bonds. The number of nitrogen functional groups attached to an aromatic ring is 1. The summed E-state index contributed by atoms with van der Waals surface area (Å²) in [6, 6.07) is 5.27. The van der Waals surface area contributed by atoms with E-state index in [0.717, 1.165) is 5.56 Å². The van der Waals surface area contributed by atoms with Gasteiger partial charge in [-0.3, -0.25) is 10.6 Å². The smallest absolute Gasteiger partial charge is 0.256 e. The van der Waals surface area contributed by atoms with E-state index in [9.17, 15) is 15.0 Å². The van der Waals surface area contributed by atoms with Crippen molar-refractivity contribution in [1.29, 1.82) is 0 Å². The van der Waals surface area contributed by atoms with Crippen LogP contribution in [-0.4, -0.2) is 46.3 Å². The molecular weight excluding hydrogens is 234 g/mol. The minimum absolute atomic E-state index is 0.137. The number of hydrazine groups is 1. The van der Waals surface area contributed by atoms with Crippen molar-refractivity contribution in [2.24, 2.45) is 5.84 Å². The van der Waals surface area contributed by atoms with Crippen molar-refractivity contribution < 1.29 is 15.0 Å². The summed E-state index contributed by atoms with van der Waals surface area (Å²) in [5.41, 5.74) is 4.45. The molecule has 0 aliphatic carbocycles. The summed E-state index contributed by atoms with van der Waals surface area (Å²) < 4.78 is 0. The topological polar surface area (TPSA) is 98.8 Å². The SMILES string of the molecule is Cc1ccc(C(=O)N2CC(O)C(O)C2)c(NN)c1. The molecule has 0 bridgehead atoms. The van der Waals surface area contributed by atoms with Crippen LogP contribution in [0.2, 0.25) is 0 Å². The molecular formula is C12H17N3O3. The van der Waals surface area contributed by atoms with Crippen LogP contribution in [0.5, 0.6) is 0 Å². The molecule has 1 aromatic rings. The second-order valence-electron chi connectivity index (χ2n) is 4.54. The van der Waals surface area contributed by atoms with E-state index in [-0.39, 0.29) is 19.0 Å². The maximum absolute atomic E-state index is 12.2. The summed E-state index contributed by atoms with van der Waals surface area (Å²) in [4.78, 5) is 13.7. The fraction of sp³-hybridized carbons (Fsp3) is 0.417. The first-order valence-electron chi connectivity index (χ1n) is 5.75. The minimum atomic E-state index is -0.881. The highest BCUT2D eigenvalue weighted by molar-refractivity contribution is 5.99. The Morgan fingerprint density at radius 2 is 2.00 bits per heavy atom. The Bertz CT molecular complexity index is 454. The number of nitrogens with one attached hydrogen (secondary N) is 1. The number of aliphatic hydroxyl groups excluding tert-OH is 2. The number of hydrogen-bond donors (Lipinski definition) is 4. The van der Waals surface area contributed by atoms with Crippen LogP contribution in [0.25, 0.3) is 0 Å². The molecule has 18 heavy (non-hydrogen) atoms. The summed E-state index contributed by atoms with van der Waals surface area (Å²) in [6.07, 6.45) is -1.76. The predicted octanol–water partition coefficient (Wildman–Crippen LogP) is -0.542. The van der Waals surface area contributed by atoms with Crippen LogP contribution in [0.15, 0.2) is 18.2 Å². The van der Waals surface area contributed by atoms with Gasteiger partial charge in [0.05, 0.1) is 23.5 Å². The van der Waals surface area contributed by atoms with Crippen LogP contribution in [0.3, 0.4) is 0 Å². The lowest BCUT2D eigenvalue weighted by molar-refractivity contribution is 0.0572. The lowest BCUT2D eigenvalue weighted by atomic mass is 10.1. The number of amides is 1. The standard InChI is InChI=1S/C12H17N3O3/c1-7-2-3-8(9(4-7)14-13)12(18)15-5-10(16)11(17)6-15/h2-4,10-11,14,16-17H,5-6,13H2,1H3. The van der Waals surface area contributed by atoms with Crippen molar-refractivity contribution in [3.05, 3.63) is 29.3 Å². The van der Waals surface area contributed by atoms with Gasteiger partial charge in [-0.1, -0.05) is 6.07 Å². The van der Waals surface area contributed by atoms with Crippen molar-refractivity contribution in [3.63, 3.8) is 0 Å². The highest BCUT2D eigenvalue weighted by atomic mass is 16.3. The quantitative estimate of drug-likeness (QED) is 0.418. The van der Waals surface area contributed by atoms with Gasteiger partial charge < -0.3 is 20.5 Å². The van der Waals surface area contributed by atoms with Crippen molar-refractivity contribution in [2.45, 2.75) is 19.1 Å². The van der Waals surface area contributed by atoms with Crippen LogP contribution < -0.4 is 11.3 Å². The number of nitrogens with zero attached hydrogens (tertiary/aromatic N) is 1. The van der Waals surface area contributed by atoms with E-state index >= 15 is 0 Å². The minimum Gasteiger partial charge on any atom is -0.388 e. The van der Waals surface area contributed by atoms with Gasteiger partial charge in [-0.2, -0.15) is 0 Å². The van der Waals surface area contributed by atoms with Gasteiger partial charge in [0.1, 0.15) is 0 Å². The van der Waals surface area contributed by atoms with Crippen molar-refractivity contribution in [1.82, 2.24) is 4.90 Å². The number of rotatable bonds is 2. The molecule has 1 aliphatic heterocycles. The number of hydrogen-bond acceptors (Lipinski definition) is 5. The van der Waals surface area contributed by atoms with Gasteiger partial charge in [-0.05, 0) is 24.6 Å².